The number of carbonyl (C=O) groups excluding carboxylic acids is 1. The van der Waals surface area contributed by atoms with Crippen LogP contribution in [0.4, 0.5) is 4.79 Å². The van der Waals surface area contributed by atoms with Crippen LogP contribution in [0.5, 0.6) is 0 Å². The lowest BCUT2D eigenvalue weighted by molar-refractivity contribution is 0.228. The van der Waals surface area contributed by atoms with Gasteiger partial charge in [0.25, 0.3) is 0 Å². The molecule has 0 aromatic heterocycles. The Morgan fingerprint density at radius 1 is 0.875 bits per heavy atom. The lowest BCUT2D eigenvalue weighted by Crippen LogP contribution is -2.37. The maximum atomic E-state index is 11.6. The van der Waals surface area contributed by atoms with E-state index in [1.54, 1.807) is 0 Å². The predicted molar refractivity (Wildman–Crippen MR) is 98.0 cm³/mol. The Hall–Kier alpha value is -0.420. The molecule has 0 aromatic rings. The minimum atomic E-state index is -1.17. The fraction of sp³-hybridized carbons (Fsp3) is 0.941. The molecule has 1 heterocycles. The largest absolute Gasteiger partial charge is 0.338 e. The number of unbranched alkanes of at least 4 members (excludes halogenated alkanes) is 9. The van der Waals surface area contributed by atoms with Crippen molar-refractivity contribution in [2.45, 2.75) is 71.1 Å². The summed E-state index contributed by atoms with van der Waals surface area (Å²) in [4.78, 5) is 11.6. The molecule has 24 heavy (non-hydrogen) atoms. The van der Waals surface area contributed by atoms with Crippen LogP contribution in [0, 0.1) is 0 Å². The van der Waals surface area contributed by atoms with Gasteiger partial charge in [-0.3, -0.25) is 0 Å². The van der Waals surface area contributed by atoms with E-state index in [9.17, 15) is 4.79 Å². The third-order valence-corrected chi connectivity index (χ3v) is 5.06. The van der Waals surface area contributed by atoms with Crippen molar-refractivity contribution in [1.29, 1.82) is 0 Å². The first kappa shape index (κ1) is 21.6. The Morgan fingerprint density at radius 2 is 1.42 bits per heavy atom. The molecule has 0 atom stereocenters. The minimum absolute atomic E-state index is 0.129. The van der Waals surface area contributed by atoms with Gasteiger partial charge < -0.3 is 24.2 Å². The second-order valence-corrected chi connectivity index (χ2v) is 7.31. The highest BCUT2D eigenvalue weighted by molar-refractivity contribution is 7.41. The summed E-state index contributed by atoms with van der Waals surface area (Å²) in [5.74, 6) is 0. The summed E-state index contributed by atoms with van der Waals surface area (Å²) in [6.07, 6.45) is 13.0. The number of rotatable bonds is 15. The normalized spacial score (nSPS) is 14.9. The molecular weight excluding hydrogens is 327 g/mol. The summed E-state index contributed by atoms with van der Waals surface area (Å²) in [5.41, 5.74) is 0. The van der Waals surface area contributed by atoms with E-state index in [4.69, 9.17) is 13.6 Å². The van der Waals surface area contributed by atoms with Crippen molar-refractivity contribution in [2.75, 3.05) is 32.9 Å². The summed E-state index contributed by atoms with van der Waals surface area (Å²) in [5, 5.41) is 5.64. The number of nitrogens with one attached hydrogen (secondary N) is 2. The molecular formula is C17H35N2O4P. The van der Waals surface area contributed by atoms with Crippen LogP contribution in [0.3, 0.4) is 0 Å². The average Bonchev–Trinajstić information content (AvgIpc) is 3.10. The predicted octanol–water partition coefficient (Wildman–Crippen LogP) is 4.50. The summed E-state index contributed by atoms with van der Waals surface area (Å²) in [6.45, 7) is 5.06. The van der Waals surface area contributed by atoms with Gasteiger partial charge in [-0.1, -0.05) is 64.7 Å². The van der Waals surface area contributed by atoms with Crippen LogP contribution in [-0.2, 0) is 13.6 Å². The molecule has 0 aromatic carbocycles. The van der Waals surface area contributed by atoms with Gasteiger partial charge in [0.05, 0.1) is 19.8 Å². The van der Waals surface area contributed by atoms with Crippen LogP contribution in [0.25, 0.3) is 0 Å². The van der Waals surface area contributed by atoms with E-state index < -0.39 is 8.60 Å². The lowest BCUT2D eigenvalue weighted by atomic mass is 10.1. The summed E-state index contributed by atoms with van der Waals surface area (Å²) < 4.78 is 15.7. The fourth-order valence-electron chi connectivity index (χ4n) is 2.50. The molecule has 0 bridgehead atoms. The van der Waals surface area contributed by atoms with Gasteiger partial charge >= 0.3 is 14.6 Å². The molecule has 1 saturated heterocycles. The maximum absolute atomic E-state index is 11.6. The van der Waals surface area contributed by atoms with E-state index >= 15 is 0 Å². The van der Waals surface area contributed by atoms with Crippen molar-refractivity contribution in [1.82, 2.24) is 10.6 Å². The van der Waals surface area contributed by atoms with Gasteiger partial charge in [0.15, 0.2) is 0 Å². The number of urea groups is 1. The monoisotopic (exact) mass is 362 g/mol. The zero-order valence-electron chi connectivity index (χ0n) is 15.2. The minimum Gasteiger partial charge on any atom is -0.338 e. The van der Waals surface area contributed by atoms with Crippen LogP contribution >= 0.6 is 8.60 Å². The van der Waals surface area contributed by atoms with E-state index in [-0.39, 0.29) is 6.03 Å². The van der Waals surface area contributed by atoms with Gasteiger partial charge in [-0.05, 0) is 6.42 Å². The first-order valence-electron chi connectivity index (χ1n) is 9.53. The van der Waals surface area contributed by atoms with Crippen LogP contribution in [-0.4, -0.2) is 38.9 Å². The first-order chi connectivity index (χ1) is 11.8. The Bertz CT molecular complexity index is 302. The molecule has 0 radical (unpaired) electrons. The van der Waals surface area contributed by atoms with Crippen molar-refractivity contribution in [3.05, 3.63) is 0 Å². The van der Waals surface area contributed by atoms with Gasteiger partial charge in [0.2, 0.25) is 0 Å². The molecule has 0 saturated carbocycles. The third kappa shape index (κ3) is 12.9. The molecule has 1 aliphatic heterocycles. The number of carbonyl (C=O) groups is 1. The molecule has 2 N–H and O–H groups in total. The SMILES string of the molecule is CCCCCCCCCCCCNC(=O)NCCOP1OCCO1. The van der Waals surface area contributed by atoms with Crippen molar-refractivity contribution < 1.29 is 18.4 Å². The smallest absolute Gasteiger partial charge is 0.332 e. The van der Waals surface area contributed by atoms with Gasteiger partial charge in [-0.25, -0.2) is 4.79 Å². The molecule has 1 rings (SSSR count). The van der Waals surface area contributed by atoms with Crippen molar-refractivity contribution in [3.8, 4) is 0 Å². The molecule has 7 heteroatoms. The standard InChI is InChI=1S/C17H35N2O4P/c1-2-3-4-5-6-7-8-9-10-11-12-18-17(20)19-13-14-21-24-22-15-16-23-24/h2-16H2,1H3,(H2,18,19,20). The zero-order chi connectivity index (χ0) is 17.3. The fourth-order valence-corrected chi connectivity index (χ4v) is 3.41. The molecule has 2 amide bonds. The van der Waals surface area contributed by atoms with Crippen LogP contribution in [0.15, 0.2) is 0 Å². The van der Waals surface area contributed by atoms with Crippen molar-refractivity contribution in [3.63, 3.8) is 0 Å². The van der Waals surface area contributed by atoms with Gasteiger partial charge in [0.1, 0.15) is 0 Å². The maximum Gasteiger partial charge on any atom is 0.332 e. The molecule has 1 fully saturated rings. The van der Waals surface area contributed by atoms with E-state index in [0.717, 1.165) is 13.0 Å². The first-order valence-corrected chi connectivity index (χ1v) is 10.6. The number of hydrogen-bond donors (Lipinski definition) is 2. The summed E-state index contributed by atoms with van der Waals surface area (Å²) >= 11 is 0. The third-order valence-electron chi connectivity index (χ3n) is 3.88. The van der Waals surface area contributed by atoms with Gasteiger partial charge in [0, 0.05) is 13.1 Å². The Labute approximate surface area is 148 Å². The van der Waals surface area contributed by atoms with Crippen LogP contribution in [0.2, 0.25) is 0 Å². The molecule has 6 nitrogen and oxygen atoms in total. The second kappa shape index (κ2) is 16.1. The molecule has 0 aliphatic carbocycles. The Kier molecular flexibility index (Phi) is 14.5. The van der Waals surface area contributed by atoms with Gasteiger partial charge in [-0.15, -0.1) is 0 Å². The van der Waals surface area contributed by atoms with E-state index in [2.05, 4.69) is 17.6 Å². The van der Waals surface area contributed by atoms with E-state index in [1.165, 1.54) is 57.8 Å². The average molecular weight is 362 g/mol. The Morgan fingerprint density at radius 3 is 2.04 bits per heavy atom. The van der Waals surface area contributed by atoms with Gasteiger partial charge in [-0.2, -0.15) is 0 Å². The van der Waals surface area contributed by atoms with Crippen LogP contribution < -0.4 is 10.6 Å². The lowest BCUT2D eigenvalue weighted by Gasteiger charge is -2.10. The second-order valence-electron chi connectivity index (χ2n) is 6.09. The molecule has 142 valence electrons. The highest BCUT2D eigenvalue weighted by Crippen LogP contribution is 2.42. The quantitative estimate of drug-likeness (QED) is 0.332. The number of hydrogen-bond acceptors (Lipinski definition) is 4. The molecule has 1 aliphatic rings. The molecule has 0 spiro atoms. The highest BCUT2D eigenvalue weighted by atomic mass is 31.2. The Balaban J connectivity index is 1.74. The zero-order valence-corrected chi connectivity index (χ0v) is 16.1. The number of amides is 2. The van der Waals surface area contributed by atoms with Crippen molar-refractivity contribution >= 4 is 14.6 Å². The summed E-state index contributed by atoms with van der Waals surface area (Å²) in [6, 6.07) is -0.129. The highest BCUT2D eigenvalue weighted by Gasteiger charge is 2.18. The summed E-state index contributed by atoms with van der Waals surface area (Å²) in [7, 11) is -1.17. The topological polar surface area (TPSA) is 68.8 Å². The van der Waals surface area contributed by atoms with Crippen LogP contribution in [0.1, 0.15) is 71.1 Å². The van der Waals surface area contributed by atoms with E-state index in [1.807, 2.05) is 0 Å². The molecule has 0 unspecified atom stereocenters. The van der Waals surface area contributed by atoms with E-state index in [0.29, 0.717) is 26.4 Å². The van der Waals surface area contributed by atoms with Crippen molar-refractivity contribution in [2.24, 2.45) is 0 Å².